The molecule has 1 aromatic carbocycles. The van der Waals surface area contributed by atoms with Crippen molar-refractivity contribution in [2.45, 2.75) is 6.42 Å². The number of nitrogens with two attached hydrogens (primary N) is 1. The van der Waals surface area contributed by atoms with Crippen molar-refractivity contribution in [2.24, 2.45) is 16.6 Å². The maximum atomic E-state index is 12.7. The van der Waals surface area contributed by atoms with Gasteiger partial charge in [0, 0.05) is 44.6 Å². The molecule has 0 radical (unpaired) electrons. The van der Waals surface area contributed by atoms with E-state index in [1.807, 2.05) is 21.9 Å². The lowest BCUT2D eigenvalue weighted by molar-refractivity contribution is -0.145. The molecule has 1 aromatic rings. The lowest BCUT2D eigenvalue weighted by atomic mass is 10.1. The number of anilines is 1. The molecule has 0 saturated carbocycles. The molecule has 1 atom stereocenters. The lowest BCUT2D eigenvalue weighted by Crippen LogP contribution is -2.51. The van der Waals surface area contributed by atoms with E-state index in [1.165, 1.54) is 13.3 Å². The first-order valence-corrected chi connectivity index (χ1v) is 10.5. The van der Waals surface area contributed by atoms with E-state index in [1.54, 1.807) is 12.3 Å². The largest absolute Gasteiger partial charge is 0.469 e. The average Bonchev–Trinajstić information content (AvgIpc) is 3.27. The van der Waals surface area contributed by atoms with Gasteiger partial charge in [0.2, 0.25) is 5.91 Å². The van der Waals surface area contributed by atoms with Gasteiger partial charge < -0.3 is 20.3 Å². The number of hydrogen-bond acceptors (Lipinski definition) is 7. The minimum atomic E-state index is -0.183. The Kier molecular flexibility index (Phi) is 7.83. The molecule has 8 nitrogen and oxygen atoms in total. The molecule has 31 heavy (non-hydrogen) atoms. The predicted octanol–water partition coefficient (Wildman–Crippen LogP) is 1.34. The van der Waals surface area contributed by atoms with E-state index in [9.17, 15) is 9.59 Å². The maximum Gasteiger partial charge on any atom is 0.310 e. The topological polar surface area (TPSA) is 91.5 Å². The van der Waals surface area contributed by atoms with Crippen molar-refractivity contribution in [1.29, 1.82) is 0 Å². The molecule has 2 saturated heterocycles. The zero-order valence-electron chi connectivity index (χ0n) is 18.1. The molecule has 8 heteroatoms. The minimum absolute atomic E-state index is 0.114. The van der Waals surface area contributed by atoms with Gasteiger partial charge in [-0.05, 0) is 42.9 Å². The Morgan fingerprint density at radius 2 is 1.90 bits per heavy atom. The first-order chi connectivity index (χ1) is 15.0. The molecule has 0 aromatic heterocycles. The monoisotopic (exact) mass is 425 g/mol. The smallest absolute Gasteiger partial charge is 0.310 e. The van der Waals surface area contributed by atoms with E-state index in [0.29, 0.717) is 31.9 Å². The van der Waals surface area contributed by atoms with Crippen LogP contribution in [0, 0.1) is 5.92 Å². The number of nitrogens with zero attached hydrogens (tertiary/aromatic N) is 4. The number of hydrogen-bond donors (Lipinski definition) is 1. The van der Waals surface area contributed by atoms with Crippen molar-refractivity contribution < 1.29 is 14.3 Å². The van der Waals surface area contributed by atoms with Crippen LogP contribution >= 0.6 is 0 Å². The van der Waals surface area contributed by atoms with Gasteiger partial charge in [-0.2, -0.15) is 0 Å². The molecule has 0 spiro atoms. The van der Waals surface area contributed by atoms with Gasteiger partial charge in [-0.1, -0.05) is 18.7 Å². The molecule has 2 heterocycles. The number of ether oxygens (including phenoxy) is 1. The lowest BCUT2D eigenvalue weighted by Gasteiger charge is -2.36. The number of rotatable bonds is 7. The molecule has 2 N–H and O–H groups in total. The van der Waals surface area contributed by atoms with Crippen molar-refractivity contribution in [1.82, 2.24) is 9.80 Å². The van der Waals surface area contributed by atoms with Crippen LogP contribution < -0.4 is 10.6 Å². The fourth-order valence-electron chi connectivity index (χ4n) is 3.96. The Bertz CT molecular complexity index is 841. The van der Waals surface area contributed by atoms with Crippen LogP contribution in [0.15, 0.2) is 48.1 Å². The highest BCUT2D eigenvalue weighted by Crippen LogP contribution is 2.22. The first kappa shape index (κ1) is 22.6. The number of carbonyl (C=O) groups is 2. The Labute approximate surface area is 183 Å². The van der Waals surface area contributed by atoms with Crippen molar-refractivity contribution in [3.63, 3.8) is 0 Å². The van der Waals surface area contributed by atoms with Crippen LogP contribution in [0.4, 0.5) is 5.69 Å². The normalized spacial score (nSPS) is 20.0. The van der Waals surface area contributed by atoms with Gasteiger partial charge >= 0.3 is 5.97 Å². The fraction of sp³-hybridized carbons (Fsp3) is 0.435. The van der Waals surface area contributed by atoms with Gasteiger partial charge in [0.05, 0.1) is 25.3 Å². The quantitative estimate of drug-likeness (QED) is 0.524. The second kappa shape index (κ2) is 10.8. The van der Waals surface area contributed by atoms with Crippen LogP contribution in [0.2, 0.25) is 0 Å². The molecule has 166 valence electrons. The van der Waals surface area contributed by atoms with Gasteiger partial charge in [-0.25, -0.2) is 0 Å². The van der Waals surface area contributed by atoms with E-state index >= 15 is 0 Å². The Balaban J connectivity index is 1.46. The number of allylic oxidation sites excluding steroid dienone is 1. The number of esters is 1. The Hall–Kier alpha value is -3.13. The highest BCUT2D eigenvalue weighted by Gasteiger charge is 2.31. The van der Waals surface area contributed by atoms with E-state index in [2.05, 4.69) is 28.6 Å². The van der Waals surface area contributed by atoms with Crippen LogP contribution in [0.3, 0.4) is 0 Å². The number of carbonyl (C=O) groups excluding carboxylic acids is 2. The minimum Gasteiger partial charge on any atom is -0.469 e. The molecule has 3 rings (SSSR count). The molecule has 2 fully saturated rings. The van der Waals surface area contributed by atoms with Crippen LogP contribution in [0.25, 0.3) is 5.70 Å². The summed E-state index contributed by atoms with van der Waals surface area (Å²) < 4.78 is 4.81. The van der Waals surface area contributed by atoms with Gasteiger partial charge in [0.15, 0.2) is 0 Å². The Morgan fingerprint density at radius 1 is 1.19 bits per heavy atom. The van der Waals surface area contributed by atoms with Crippen LogP contribution in [-0.4, -0.2) is 80.8 Å². The van der Waals surface area contributed by atoms with Crippen LogP contribution in [0.5, 0.6) is 0 Å². The third kappa shape index (κ3) is 5.95. The molecular formula is C23H31N5O3. The first-order valence-electron chi connectivity index (χ1n) is 10.5. The summed E-state index contributed by atoms with van der Waals surface area (Å²) in [4.78, 5) is 34.8. The highest BCUT2D eigenvalue weighted by molar-refractivity contribution is 5.80. The van der Waals surface area contributed by atoms with Crippen molar-refractivity contribution in [3.8, 4) is 0 Å². The zero-order valence-corrected chi connectivity index (χ0v) is 18.1. The summed E-state index contributed by atoms with van der Waals surface area (Å²) >= 11 is 0. The van der Waals surface area contributed by atoms with Gasteiger partial charge in [-0.15, -0.1) is 0 Å². The second-order valence-corrected chi connectivity index (χ2v) is 7.77. The number of aliphatic imine (C=N–C) groups is 1. The van der Waals surface area contributed by atoms with Gasteiger partial charge in [0.25, 0.3) is 0 Å². The summed E-state index contributed by atoms with van der Waals surface area (Å²) in [6.45, 7) is 8.65. The average molecular weight is 426 g/mol. The maximum absolute atomic E-state index is 12.7. The van der Waals surface area contributed by atoms with Crippen molar-refractivity contribution >= 4 is 29.5 Å². The number of methoxy groups -OCH3 is 1. The second-order valence-electron chi connectivity index (χ2n) is 7.77. The van der Waals surface area contributed by atoms with Gasteiger partial charge in [-0.3, -0.25) is 19.5 Å². The molecule has 1 amide bonds. The number of benzene rings is 1. The summed E-state index contributed by atoms with van der Waals surface area (Å²) in [5.74, 6) is -0.171. The number of amides is 1. The molecule has 0 unspecified atom stereocenters. The van der Waals surface area contributed by atoms with E-state index in [0.717, 1.165) is 37.3 Å². The van der Waals surface area contributed by atoms with E-state index in [4.69, 9.17) is 10.5 Å². The number of piperazine rings is 1. The SMILES string of the molecule is C=C(N=C/C=C\N)c1ccc(N2CCN(C(=O)CN3CC[C@@H](C(=O)OC)C3)CC2)cc1. The Morgan fingerprint density at radius 3 is 2.55 bits per heavy atom. The standard InChI is InChI=1S/C23H31N5O3/c1-18(25-10-3-9-24)19-4-6-21(7-5-19)27-12-14-28(15-13-27)22(29)17-26-11-8-20(16-26)23(30)31-2/h3-7,9-10,20H,1,8,11-17,24H2,2H3/b9-3-,25-10?/t20-/m1/s1. The van der Waals surface area contributed by atoms with E-state index in [-0.39, 0.29) is 17.8 Å². The summed E-state index contributed by atoms with van der Waals surface area (Å²) in [6, 6.07) is 8.13. The third-order valence-electron chi connectivity index (χ3n) is 5.79. The summed E-state index contributed by atoms with van der Waals surface area (Å²) in [7, 11) is 1.41. The molecule has 0 aliphatic carbocycles. The molecule has 0 bridgehead atoms. The van der Waals surface area contributed by atoms with Crippen molar-refractivity contribution in [2.75, 3.05) is 57.8 Å². The van der Waals surface area contributed by atoms with Crippen molar-refractivity contribution in [3.05, 3.63) is 48.7 Å². The van der Waals surface area contributed by atoms with Gasteiger partial charge in [0.1, 0.15) is 0 Å². The van der Waals surface area contributed by atoms with E-state index < -0.39 is 0 Å². The third-order valence-corrected chi connectivity index (χ3v) is 5.79. The molecule has 2 aliphatic heterocycles. The summed E-state index contributed by atoms with van der Waals surface area (Å²) in [5, 5.41) is 0. The molecule has 2 aliphatic rings. The van der Waals surface area contributed by atoms with Crippen LogP contribution in [-0.2, 0) is 14.3 Å². The summed E-state index contributed by atoms with van der Waals surface area (Å²) in [5.41, 5.74) is 8.05. The number of likely N-dealkylation sites (tertiary alicyclic amines) is 1. The summed E-state index contributed by atoms with van der Waals surface area (Å²) in [6.07, 6.45) is 5.45. The predicted molar refractivity (Wildman–Crippen MR) is 123 cm³/mol. The highest BCUT2D eigenvalue weighted by atomic mass is 16.5. The zero-order chi connectivity index (χ0) is 22.2. The van der Waals surface area contributed by atoms with Crippen LogP contribution in [0.1, 0.15) is 12.0 Å². The molecular weight excluding hydrogens is 394 g/mol. The fourth-order valence-corrected chi connectivity index (χ4v) is 3.96.